The Morgan fingerprint density at radius 1 is 0.857 bits per heavy atom. The first kappa shape index (κ1) is 8.88. The molecule has 69 valence electrons. The lowest BCUT2D eigenvalue weighted by atomic mass is 10.1. The fourth-order valence-corrected chi connectivity index (χ4v) is 1.28. The standard InChI is InChI=1S/C12H7F2/c13-10-6-7-11(12(14)8-10)9-4-2-1-3-5-9/h1-7H. The summed E-state index contributed by atoms with van der Waals surface area (Å²) in [6.07, 6.45) is 0. The predicted octanol–water partition coefficient (Wildman–Crippen LogP) is 3.43. The Labute approximate surface area is 80.8 Å². The summed E-state index contributed by atoms with van der Waals surface area (Å²) in [5, 5.41) is 0. The van der Waals surface area contributed by atoms with Crippen LogP contribution < -0.4 is 0 Å². The number of benzene rings is 2. The van der Waals surface area contributed by atoms with Crippen molar-refractivity contribution in [2.75, 3.05) is 0 Å². The number of hydrogen-bond donors (Lipinski definition) is 0. The van der Waals surface area contributed by atoms with Gasteiger partial charge in [-0.1, -0.05) is 30.3 Å². The van der Waals surface area contributed by atoms with Crippen LogP contribution in [0.4, 0.5) is 8.78 Å². The minimum Gasteiger partial charge on any atom is -0.206 e. The van der Waals surface area contributed by atoms with E-state index in [-0.39, 0.29) is 0 Å². The summed E-state index contributed by atoms with van der Waals surface area (Å²) in [6.45, 7) is 0. The minimum atomic E-state index is -0.679. The summed E-state index contributed by atoms with van der Waals surface area (Å²) in [5.41, 5.74) is 1.09. The van der Waals surface area contributed by atoms with Crippen LogP contribution in [0.25, 0.3) is 11.1 Å². The highest BCUT2D eigenvalue weighted by Crippen LogP contribution is 2.22. The maximum atomic E-state index is 13.2. The molecule has 0 bridgehead atoms. The van der Waals surface area contributed by atoms with Crippen LogP contribution in [0.1, 0.15) is 0 Å². The molecule has 0 heterocycles. The van der Waals surface area contributed by atoms with Crippen LogP contribution in [0.3, 0.4) is 0 Å². The minimum absolute atomic E-state index is 0.368. The molecule has 0 aromatic heterocycles. The van der Waals surface area contributed by atoms with E-state index in [1.54, 1.807) is 24.3 Å². The lowest BCUT2D eigenvalue weighted by molar-refractivity contribution is 0.581. The van der Waals surface area contributed by atoms with Crippen LogP contribution in [-0.4, -0.2) is 0 Å². The van der Waals surface area contributed by atoms with Crippen LogP contribution in [0, 0.1) is 17.7 Å². The molecule has 2 aromatic carbocycles. The summed E-state index contributed by atoms with van der Waals surface area (Å²) in [4.78, 5) is 0. The molecule has 0 amide bonds. The normalized spacial score (nSPS) is 10.1. The fraction of sp³-hybridized carbons (Fsp3) is 0. The zero-order chi connectivity index (χ0) is 9.97. The van der Waals surface area contributed by atoms with Crippen molar-refractivity contribution in [3.8, 4) is 11.1 Å². The Morgan fingerprint density at radius 3 is 2.21 bits per heavy atom. The third-order valence-electron chi connectivity index (χ3n) is 1.95. The Balaban J connectivity index is 2.53. The van der Waals surface area contributed by atoms with Gasteiger partial charge in [-0.3, -0.25) is 0 Å². The van der Waals surface area contributed by atoms with E-state index >= 15 is 0 Å². The summed E-state index contributed by atoms with van der Waals surface area (Å²) in [7, 11) is 0. The molecule has 2 heteroatoms. The van der Waals surface area contributed by atoms with Gasteiger partial charge in [0.2, 0.25) is 0 Å². The van der Waals surface area contributed by atoms with E-state index in [1.165, 1.54) is 12.1 Å². The van der Waals surface area contributed by atoms with Gasteiger partial charge in [0.1, 0.15) is 11.6 Å². The van der Waals surface area contributed by atoms with Crippen LogP contribution in [0.15, 0.2) is 42.5 Å². The van der Waals surface area contributed by atoms with Crippen molar-refractivity contribution in [1.82, 2.24) is 0 Å². The molecule has 0 atom stereocenters. The second kappa shape index (κ2) is 3.58. The van der Waals surface area contributed by atoms with E-state index in [0.29, 0.717) is 5.56 Å². The topological polar surface area (TPSA) is 0 Å². The van der Waals surface area contributed by atoms with Crippen molar-refractivity contribution in [1.29, 1.82) is 0 Å². The van der Waals surface area contributed by atoms with E-state index in [9.17, 15) is 8.78 Å². The van der Waals surface area contributed by atoms with Crippen molar-refractivity contribution in [3.05, 3.63) is 60.2 Å². The highest BCUT2D eigenvalue weighted by molar-refractivity contribution is 5.63. The van der Waals surface area contributed by atoms with Gasteiger partial charge in [-0.25, -0.2) is 8.78 Å². The van der Waals surface area contributed by atoms with E-state index in [4.69, 9.17) is 0 Å². The molecule has 0 saturated heterocycles. The molecule has 0 saturated carbocycles. The molecular formula is C12H7F2. The van der Waals surface area contributed by atoms with Gasteiger partial charge in [-0.15, -0.1) is 0 Å². The second-order valence-corrected chi connectivity index (χ2v) is 2.90. The van der Waals surface area contributed by atoms with E-state index in [1.807, 2.05) is 12.1 Å². The molecule has 2 rings (SSSR count). The van der Waals surface area contributed by atoms with Gasteiger partial charge in [0.15, 0.2) is 0 Å². The molecule has 0 spiro atoms. The number of rotatable bonds is 1. The van der Waals surface area contributed by atoms with Gasteiger partial charge in [-0.2, -0.15) is 0 Å². The molecule has 2 aromatic rings. The Hall–Kier alpha value is -1.70. The lowest BCUT2D eigenvalue weighted by Gasteiger charge is -2.01. The molecule has 1 radical (unpaired) electrons. The molecule has 0 nitrogen and oxygen atoms in total. The van der Waals surface area contributed by atoms with E-state index < -0.39 is 11.6 Å². The van der Waals surface area contributed by atoms with Crippen LogP contribution >= 0.6 is 0 Å². The average Bonchev–Trinajstić information content (AvgIpc) is 2.19. The number of halogens is 2. The van der Waals surface area contributed by atoms with Gasteiger partial charge < -0.3 is 0 Å². The maximum Gasteiger partial charge on any atom is 0.142 e. The molecule has 0 fully saturated rings. The lowest BCUT2D eigenvalue weighted by Crippen LogP contribution is -1.86. The monoisotopic (exact) mass is 189 g/mol. The molecule has 0 N–H and O–H groups in total. The van der Waals surface area contributed by atoms with Crippen LogP contribution in [0.5, 0.6) is 0 Å². The highest BCUT2D eigenvalue weighted by atomic mass is 19.1. The Morgan fingerprint density at radius 2 is 1.57 bits per heavy atom. The maximum absolute atomic E-state index is 13.2. The fourth-order valence-electron chi connectivity index (χ4n) is 1.28. The molecule has 0 unspecified atom stereocenters. The van der Waals surface area contributed by atoms with Gasteiger partial charge >= 0.3 is 0 Å². The molecule has 0 aliphatic heterocycles. The molecule has 0 aliphatic carbocycles. The molecular weight excluding hydrogens is 182 g/mol. The molecule has 14 heavy (non-hydrogen) atoms. The average molecular weight is 189 g/mol. The van der Waals surface area contributed by atoms with Gasteiger partial charge in [-0.05, 0) is 17.7 Å². The number of hydrogen-bond acceptors (Lipinski definition) is 0. The first-order chi connectivity index (χ1) is 6.77. The van der Waals surface area contributed by atoms with E-state index in [2.05, 4.69) is 0 Å². The summed E-state index contributed by atoms with van der Waals surface area (Å²) in [5.74, 6) is -1.33. The van der Waals surface area contributed by atoms with E-state index in [0.717, 1.165) is 5.56 Å². The van der Waals surface area contributed by atoms with Gasteiger partial charge in [0.25, 0.3) is 0 Å². The summed E-state index contributed by atoms with van der Waals surface area (Å²) < 4.78 is 25.8. The third-order valence-corrected chi connectivity index (χ3v) is 1.95. The zero-order valence-electron chi connectivity index (χ0n) is 7.30. The van der Waals surface area contributed by atoms with Gasteiger partial charge in [0, 0.05) is 5.56 Å². The van der Waals surface area contributed by atoms with Crippen LogP contribution in [0.2, 0.25) is 0 Å². The largest absolute Gasteiger partial charge is 0.206 e. The summed E-state index contributed by atoms with van der Waals surface area (Å²) >= 11 is 0. The SMILES string of the molecule is Fc1[c]c(F)c(-c2ccccc2)cc1. The highest BCUT2D eigenvalue weighted by Gasteiger charge is 2.05. The first-order valence-electron chi connectivity index (χ1n) is 4.20. The Kier molecular flexibility index (Phi) is 2.27. The van der Waals surface area contributed by atoms with Crippen molar-refractivity contribution in [2.24, 2.45) is 0 Å². The first-order valence-corrected chi connectivity index (χ1v) is 4.20. The quantitative estimate of drug-likeness (QED) is 0.644. The smallest absolute Gasteiger partial charge is 0.142 e. The zero-order valence-corrected chi connectivity index (χ0v) is 7.30. The van der Waals surface area contributed by atoms with Gasteiger partial charge in [0.05, 0.1) is 6.07 Å². The van der Waals surface area contributed by atoms with Crippen molar-refractivity contribution < 1.29 is 8.78 Å². The third kappa shape index (κ3) is 1.64. The van der Waals surface area contributed by atoms with Crippen molar-refractivity contribution in [3.63, 3.8) is 0 Å². The van der Waals surface area contributed by atoms with Crippen LogP contribution in [-0.2, 0) is 0 Å². The molecule has 0 aliphatic rings. The van der Waals surface area contributed by atoms with Crippen molar-refractivity contribution >= 4 is 0 Å². The second-order valence-electron chi connectivity index (χ2n) is 2.90. The predicted molar refractivity (Wildman–Crippen MR) is 50.6 cm³/mol. The van der Waals surface area contributed by atoms with Crippen molar-refractivity contribution in [2.45, 2.75) is 0 Å². The summed E-state index contributed by atoms with van der Waals surface area (Å²) in [6, 6.07) is 13.6. The Bertz CT molecular complexity index is 435.